The van der Waals surface area contributed by atoms with Crippen LogP contribution in [0.3, 0.4) is 0 Å². The minimum atomic E-state index is -4.39. The first-order valence-electron chi connectivity index (χ1n) is 6.15. The van der Waals surface area contributed by atoms with Crippen LogP contribution in [0.4, 0.5) is 18.0 Å². The van der Waals surface area contributed by atoms with E-state index in [9.17, 15) is 22.8 Å². The van der Waals surface area contributed by atoms with Gasteiger partial charge in [0.05, 0.1) is 12.0 Å². The zero-order valence-electron chi connectivity index (χ0n) is 10.8. The molecule has 0 aromatic carbocycles. The minimum Gasteiger partial charge on any atom is -0.481 e. The number of amides is 2. The van der Waals surface area contributed by atoms with Gasteiger partial charge in [-0.3, -0.25) is 4.79 Å². The maximum Gasteiger partial charge on any atom is 0.411 e. The molecule has 6 nitrogen and oxygen atoms in total. The molecule has 0 spiro atoms. The number of hydrogen-bond donors (Lipinski definition) is 3. The molecule has 9 heteroatoms. The first-order chi connectivity index (χ1) is 9.25. The Morgan fingerprint density at radius 2 is 1.90 bits per heavy atom. The highest BCUT2D eigenvalue weighted by atomic mass is 19.4. The van der Waals surface area contributed by atoms with Gasteiger partial charge in [0.1, 0.15) is 6.61 Å². The fourth-order valence-electron chi connectivity index (χ4n) is 1.81. The third-order valence-corrected chi connectivity index (χ3v) is 3.15. The normalized spacial score (nSPS) is 17.1. The lowest BCUT2D eigenvalue weighted by molar-refractivity contribution is -0.173. The van der Waals surface area contributed by atoms with Gasteiger partial charge in [0.15, 0.2) is 0 Å². The van der Waals surface area contributed by atoms with E-state index in [1.807, 2.05) is 0 Å². The van der Waals surface area contributed by atoms with Crippen molar-refractivity contribution in [2.75, 3.05) is 26.3 Å². The number of carboxylic acid groups (broad SMARTS) is 1. The van der Waals surface area contributed by atoms with Crippen molar-refractivity contribution in [3.8, 4) is 0 Å². The van der Waals surface area contributed by atoms with Crippen molar-refractivity contribution < 1.29 is 32.6 Å². The van der Waals surface area contributed by atoms with Crippen molar-refractivity contribution in [1.29, 1.82) is 0 Å². The predicted octanol–water partition coefficient (Wildman–Crippen LogP) is 1.12. The Morgan fingerprint density at radius 1 is 1.25 bits per heavy atom. The van der Waals surface area contributed by atoms with Gasteiger partial charge in [-0.25, -0.2) is 4.79 Å². The molecular formula is C11H17F3N2O4. The number of carbonyl (C=O) groups excluding carboxylic acids is 1. The monoisotopic (exact) mass is 298 g/mol. The summed E-state index contributed by atoms with van der Waals surface area (Å²) < 4.78 is 39.5. The Balaban J connectivity index is 2.10. The van der Waals surface area contributed by atoms with Crippen LogP contribution in [0.25, 0.3) is 0 Å². The number of nitrogens with one attached hydrogen (secondary N) is 2. The minimum absolute atomic E-state index is 0.0115. The average molecular weight is 298 g/mol. The number of carbonyl (C=O) groups is 2. The molecule has 0 bridgehead atoms. The molecule has 1 rings (SSSR count). The first kappa shape index (κ1) is 16.5. The van der Waals surface area contributed by atoms with Gasteiger partial charge >= 0.3 is 18.2 Å². The molecule has 1 fully saturated rings. The second kappa shape index (κ2) is 6.78. The lowest BCUT2D eigenvalue weighted by atomic mass is 9.69. The highest BCUT2D eigenvalue weighted by molar-refractivity contribution is 5.78. The summed E-state index contributed by atoms with van der Waals surface area (Å²) in [5.41, 5.74) is -0.899. The number of halogens is 3. The molecule has 1 aliphatic carbocycles. The smallest absolute Gasteiger partial charge is 0.411 e. The highest BCUT2D eigenvalue weighted by Crippen LogP contribution is 2.40. The fourth-order valence-corrected chi connectivity index (χ4v) is 1.81. The third-order valence-electron chi connectivity index (χ3n) is 3.15. The average Bonchev–Trinajstić information content (AvgIpc) is 2.24. The molecule has 116 valence electrons. The highest BCUT2D eigenvalue weighted by Gasteiger charge is 2.44. The Morgan fingerprint density at radius 3 is 2.35 bits per heavy atom. The topological polar surface area (TPSA) is 87.7 Å². The van der Waals surface area contributed by atoms with E-state index < -0.39 is 30.2 Å². The van der Waals surface area contributed by atoms with Crippen LogP contribution in [0, 0.1) is 5.41 Å². The summed E-state index contributed by atoms with van der Waals surface area (Å²) in [6.07, 6.45) is -2.56. The van der Waals surface area contributed by atoms with Crippen molar-refractivity contribution in [3.05, 3.63) is 0 Å². The molecule has 0 radical (unpaired) electrons. The van der Waals surface area contributed by atoms with E-state index in [0.29, 0.717) is 12.8 Å². The number of aliphatic carboxylic acids is 1. The van der Waals surface area contributed by atoms with Gasteiger partial charge in [-0.15, -0.1) is 0 Å². The van der Waals surface area contributed by atoms with E-state index in [1.165, 1.54) is 0 Å². The van der Waals surface area contributed by atoms with Crippen LogP contribution in [0.2, 0.25) is 0 Å². The number of rotatable bonds is 7. The maximum absolute atomic E-state index is 11.7. The van der Waals surface area contributed by atoms with E-state index >= 15 is 0 Å². The van der Waals surface area contributed by atoms with Crippen LogP contribution < -0.4 is 10.6 Å². The lowest BCUT2D eigenvalue weighted by Crippen LogP contribution is -2.50. The second-order valence-corrected chi connectivity index (χ2v) is 4.72. The largest absolute Gasteiger partial charge is 0.481 e. The van der Waals surface area contributed by atoms with Gasteiger partial charge in [0, 0.05) is 13.1 Å². The van der Waals surface area contributed by atoms with Gasteiger partial charge in [0.25, 0.3) is 0 Å². The molecule has 2 amide bonds. The third kappa shape index (κ3) is 5.24. The molecular weight excluding hydrogens is 281 g/mol. The molecule has 0 heterocycles. The summed E-state index contributed by atoms with van der Waals surface area (Å²) in [5.74, 6) is -0.947. The zero-order chi connectivity index (χ0) is 15.2. The van der Waals surface area contributed by atoms with Crippen LogP contribution in [0.15, 0.2) is 0 Å². The Kier molecular flexibility index (Phi) is 5.61. The molecule has 0 aromatic heterocycles. The summed E-state index contributed by atoms with van der Waals surface area (Å²) in [4.78, 5) is 22.3. The number of urea groups is 1. The summed E-state index contributed by atoms with van der Waals surface area (Å²) >= 11 is 0. The van der Waals surface area contributed by atoms with Crippen LogP contribution in [0.5, 0.6) is 0 Å². The van der Waals surface area contributed by atoms with Crippen molar-refractivity contribution in [2.24, 2.45) is 5.41 Å². The SMILES string of the molecule is O=C(NCCOCC(F)(F)F)NCC1(C(=O)O)CCC1. The lowest BCUT2D eigenvalue weighted by Gasteiger charge is -2.37. The summed E-state index contributed by atoms with van der Waals surface area (Å²) in [6.45, 7) is -1.70. The van der Waals surface area contributed by atoms with E-state index in [2.05, 4.69) is 15.4 Å². The van der Waals surface area contributed by atoms with Crippen molar-refractivity contribution in [1.82, 2.24) is 10.6 Å². The van der Waals surface area contributed by atoms with E-state index in [-0.39, 0.29) is 19.7 Å². The molecule has 3 N–H and O–H groups in total. The quantitative estimate of drug-likeness (QED) is 0.615. The van der Waals surface area contributed by atoms with Crippen LogP contribution in [-0.4, -0.2) is 49.6 Å². The summed E-state index contributed by atoms with van der Waals surface area (Å²) in [6, 6.07) is -0.617. The van der Waals surface area contributed by atoms with Gasteiger partial charge in [0.2, 0.25) is 0 Å². The van der Waals surface area contributed by atoms with Crippen molar-refractivity contribution >= 4 is 12.0 Å². The van der Waals surface area contributed by atoms with Crippen molar-refractivity contribution in [3.63, 3.8) is 0 Å². The molecule has 0 saturated heterocycles. The number of carboxylic acids is 1. The van der Waals surface area contributed by atoms with Gasteiger partial charge in [-0.1, -0.05) is 6.42 Å². The number of alkyl halides is 3. The van der Waals surface area contributed by atoms with Gasteiger partial charge in [-0.2, -0.15) is 13.2 Å². The molecule has 0 unspecified atom stereocenters. The summed E-state index contributed by atoms with van der Waals surface area (Å²) in [5, 5.41) is 13.7. The van der Waals surface area contributed by atoms with Gasteiger partial charge < -0.3 is 20.5 Å². The first-order valence-corrected chi connectivity index (χ1v) is 6.15. The molecule has 1 aliphatic rings. The van der Waals surface area contributed by atoms with Crippen LogP contribution >= 0.6 is 0 Å². The molecule has 0 aliphatic heterocycles. The van der Waals surface area contributed by atoms with E-state index in [1.54, 1.807) is 0 Å². The Labute approximate surface area is 113 Å². The van der Waals surface area contributed by atoms with Crippen molar-refractivity contribution in [2.45, 2.75) is 25.4 Å². The molecule has 20 heavy (non-hydrogen) atoms. The molecule has 1 saturated carbocycles. The summed E-state index contributed by atoms with van der Waals surface area (Å²) in [7, 11) is 0. The fraction of sp³-hybridized carbons (Fsp3) is 0.818. The maximum atomic E-state index is 11.7. The standard InChI is InChI=1S/C11H17F3N2O4/c12-11(13,14)7-20-5-4-15-9(19)16-6-10(8(17)18)2-1-3-10/h1-7H2,(H,17,18)(H2,15,16,19). The van der Waals surface area contributed by atoms with Crippen LogP contribution in [-0.2, 0) is 9.53 Å². The number of hydrogen-bond acceptors (Lipinski definition) is 3. The second-order valence-electron chi connectivity index (χ2n) is 4.72. The van der Waals surface area contributed by atoms with Crippen LogP contribution in [0.1, 0.15) is 19.3 Å². The molecule has 0 aromatic rings. The zero-order valence-corrected chi connectivity index (χ0v) is 10.8. The van der Waals surface area contributed by atoms with E-state index in [0.717, 1.165) is 6.42 Å². The number of ether oxygens (including phenoxy) is 1. The predicted molar refractivity (Wildman–Crippen MR) is 62.2 cm³/mol. The Bertz CT molecular complexity index is 356. The molecule has 0 atom stereocenters. The Hall–Kier alpha value is -1.51. The van der Waals surface area contributed by atoms with E-state index in [4.69, 9.17) is 5.11 Å². The van der Waals surface area contributed by atoms with Gasteiger partial charge in [-0.05, 0) is 12.8 Å².